The van der Waals surface area contributed by atoms with Crippen molar-refractivity contribution in [2.75, 3.05) is 0 Å². The molecular formula is C13H21ClO3. The lowest BCUT2D eigenvalue weighted by Crippen LogP contribution is -2.37. The topological polar surface area (TPSA) is 46.5 Å². The van der Waals surface area contributed by atoms with Crippen LogP contribution in [0.5, 0.6) is 0 Å². The first kappa shape index (κ1) is 13.0. The van der Waals surface area contributed by atoms with E-state index in [9.17, 15) is 4.79 Å². The van der Waals surface area contributed by atoms with E-state index in [0.29, 0.717) is 17.8 Å². The Morgan fingerprint density at radius 2 is 2.18 bits per heavy atom. The van der Waals surface area contributed by atoms with Crippen LogP contribution in [-0.4, -0.2) is 16.8 Å². The molecule has 0 aromatic carbocycles. The van der Waals surface area contributed by atoms with Crippen LogP contribution in [0.1, 0.15) is 46.5 Å². The van der Waals surface area contributed by atoms with Crippen LogP contribution >= 0.6 is 11.6 Å². The van der Waals surface area contributed by atoms with E-state index in [1.165, 1.54) is 19.3 Å². The van der Waals surface area contributed by atoms with Crippen molar-refractivity contribution >= 4 is 17.8 Å². The van der Waals surface area contributed by atoms with Crippen LogP contribution in [-0.2, 0) is 4.74 Å². The summed E-state index contributed by atoms with van der Waals surface area (Å²) in [5.74, 6) is 1.21. The van der Waals surface area contributed by atoms with Gasteiger partial charge in [0.25, 0.3) is 0 Å². The second-order valence-electron chi connectivity index (χ2n) is 6.50. The van der Waals surface area contributed by atoms with Gasteiger partial charge in [-0.1, -0.05) is 32.4 Å². The molecule has 0 amide bonds. The Hall–Kier alpha value is -0.440. The van der Waals surface area contributed by atoms with Crippen LogP contribution in [0.3, 0.4) is 0 Å². The predicted octanol–water partition coefficient (Wildman–Crippen LogP) is 4.10. The summed E-state index contributed by atoms with van der Waals surface area (Å²) in [6.07, 6.45) is 3.14. The molecule has 98 valence electrons. The van der Waals surface area contributed by atoms with Gasteiger partial charge in [0.15, 0.2) is 5.56 Å². The lowest BCUT2D eigenvalue weighted by molar-refractivity contribution is 0.0221. The molecule has 0 spiro atoms. The Morgan fingerprint density at radius 3 is 2.65 bits per heavy atom. The molecule has 17 heavy (non-hydrogen) atoms. The standard InChI is InChI=1S/C13H21ClO3/c1-12(2)8-4-5-13(3,7-8)9(12)6-10(14)17-11(15)16/h8-10H,4-7H2,1-3H3,(H,15,16)/t8-,9-,10-,13?/m0/s1. The maximum atomic E-state index is 10.5. The highest BCUT2D eigenvalue weighted by Gasteiger charge is 2.59. The van der Waals surface area contributed by atoms with Crippen molar-refractivity contribution in [3.63, 3.8) is 0 Å². The summed E-state index contributed by atoms with van der Waals surface area (Å²) in [7, 11) is 0. The number of hydrogen-bond acceptors (Lipinski definition) is 2. The second-order valence-corrected chi connectivity index (χ2v) is 6.98. The van der Waals surface area contributed by atoms with Crippen molar-refractivity contribution in [3.8, 4) is 0 Å². The van der Waals surface area contributed by atoms with Gasteiger partial charge in [-0.25, -0.2) is 4.79 Å². The van der Waals surface area contributed by atoms with Crippen LogP contribution in [0, 0.1) is 22.7 Å². The first-order valence-electron chi connectivity index (χ1n) is 6.29. The molecule has 0 aromatic heterocycles. The normalized spacial score (nSPS) is 40.2. The highest BCUT2D eigenvalue weighted by molar-refractivity contribution is 6.20. The fraction of sp³-hybridized carbons (Fsp3) is 0.923. The minimum atomic E-state index is -1.28. The van der Waals surface area contributed by atoms with Crippen molar-refractivity contribution < 1.29 is 14.6 Å². The molecule has 0 saturated heterocycles. The van der Waals surface area contributed by atoms with E-state index in [4.69, 9.17) is 16.7 Å². The molecule has 4 heteroatoms. The fourth-order valence-corrected chi connectivity index (χ4v) is 4.59. The van der Waals surface area contributed by atoms with Crippen LogP contribution in [0.15, 0.2) is 0 Å². The molecule has 2 aliphatic carbocycles. The molecular weight excluding hydrogens is 240 g/mol. The molecule has 2 saturated carbocycles. The van der Waals surface area contributed by atoms with Gasteiger partial charge in [-0.3, -0.25) is 0 Å². The van der Waals surface area contributed by atoms with Crippen molar-refractivity contribution in [2.24, 2.45) is 22.7 Å². The average molecular weight is 261 g/mol. The first-order chi connectivity index (χ1) is 7.75. The third kappa shape index (κ3) is 2.14. The van der Waals surface area contributed by atoms with Crippen molar-refractivity contribution in [3.05, 3.63) is 0 Å². The summed E-state index contributed by atoms with van der Waals surface area (Å²) in [5.41, 5.74) is -0.140. The van der Waals surface area contributed by atoms with Crippen LogP contribution in [0.25, 0.3) is 0 Å². The Kier molecular flexibility index (Phi) is 3.09. The lowest BCUT2D eigenvalue weighted by atomic mass is 9.63. The zero-order valence-corrected chi connectivity index (χ0v) is 11.5. The van der Waals surface area contributed by atoms with Gasteiger partial charge in [0.05, 0.1) is 0 Å². The molecule has 2 bridgehead atoms. The molecule has 2 rings (SSSR count). The van der Waals surface area contributed by atoms with E-state index in [0.717, 1.165) is 5.92 Å². The molecule has 1 unspecified atom stereocenters. The average Bonchev–Trinajstić information content (AvgIpc) is 2.63. The first-order valence-corrected chi connectivity index (χ1v) is 6.73. The van der Waals surface area contributed by atoms with Gasteiger partial charge in [-0.15, -0.1) is 0 Å². The second kappa shape index (κ2) is 4.04. The zero-order valence-electron chi connectivity index (χ0n) is 10.7. The third-order valence-corrected chi connectivity index (χ3v) is 5.49. The Morgan fingerprint density at radius 1 is 1.53 bits per heavy atom. The van der Waals surface area contributed by atoms with Gasteiger partial charge >= 0.3 is 6.16 Å². The summed E-state index contributed by atoms with van der Waals surface area (Å²) in [5, 5.41) is 8.58. The molecule has 1 N–H and O–H groups in total. The number of carboxylic acid groups (broad SMARTS) is 1. The van der Waals surface area contributed by atoms with Crippen molar-refractivity contribution in [1.29, 1.82) is 0 Å². The van der Waals surface area contributed by atoms with Crippen LogP contribution < -0.4 is 0 Å². The Bertz CT molecular complexity index is 324. The van der Waals surface area contributed by atoms with Gasteiger partial charge in [-0.2, -0.15) is 0 Å². The zero-order chi connectivity index (χ0) is 12.8. The predicted molar refractivity (Wildman–Crippen MR) is 66.1 cm³/mol. The molecule has 2 fully saturated rings. The van der Waals surface area contributed by atoms with Crippen LogP contribution in [0.2, 0.25) is 0 Å². The Balaban J connectivity index is 2.07. The van der Waals surface area contributed by atoms with E-state index >= 15 is 0 Å². The lowest BCUT2D eigenvalue weighted by Gasteiger charge is -2.43. The van der Waals surface area contributed by atoms with E-state index < -0.39 is 11.7 Å². The Labute approximate surface area is 107 Å². The smallest absolute Gasteiger partial charge is 0.450 e. The number of halogens is 1. The number of hydrogen-bond donors (Lipinski definition) is 1. The van der Waals surface area contributed by atoms with Crippen molar-refractivity contribution in [1.82, 2.24) is 0 Å². The minimum Gasteiger partial charge on any atom is -0.450 e. The van der Waals surface area contributed by atoms with Gasteiger partial charge < -0.3 is 9.84 Å². The van der Waals surface area contributed by atoms with Gasteiger partial charge in [0.1, 0.15) is 0 Å². The molecule has 4 atom stereocenters. The summed E-state index contributed by atoms with van der Waals surface area (Å²) in [6, 6.07) is 0. The summed E-state index contributed by atoms with van der Waals surface area (Å²) in [6.45, 7) is 6.89. The largest absolute Gasteiger partial charge is 0.507 e. The molecule has 2 aliphatic rings. The highest BCUT2D eigenvalue weighted by atomic mass is 35.5. The quantitative estimate of drug-likeness (QED) is 0.614. The maximum absolute atomic E-state index is 10.5. The number of ether oxygens (including phenoxy) is 1. The monoisotopic (exact) mass is 260 g/mol. The molecule has 0 heterocycles. The van der Waals surface area contributed by atoms with Gasteiger partial charge in [0, 0.05) is 6.42 Å². The van der Waals surface area contributed by atoms with Gasteiger partial charge in [-0.05, 0) is 41.9 Å². The number of alkyl halides is 1. The molecule has 0 aromatic rings. The summed E-state index contributed by atoms with van der Waals surface area (Å²) < 4.78 is 4.64. The van der Waals surface area contributed by atoms with E-state index in [1.54, 1.807) is 0 Å². The summed E-state index contributed by atoms with van der Waals surface area (Å²) in [4.78, 5) is 10.5. The van der Waals surface area contributed by atoms with E-state index in [-0.39, 0.29) is 5.41 Å². The number of rotatable bonds is 3. The molecule has 0 aliphatic heterocycles. The van der Waals surface area contributed by atoms with E-state index in [2.05, 4.69) is 25.5 Å². The van der Waals surface area contributed by atoms with Crippen LogP contribution in [0.4, 0.5) is 4.79 Å². The fourth-order valence-electron chi connectivity index (χ4n) is 4.34. The maximum Gasteiger partial charge on any atom is 0.507 e. The molecule has 3 nitrogen and oxygen atoms in total. The third-order valence-electron chi connectivity index (χ3n) is 5.22. The van der Waals surface area contributed by atoms with E-state index in [1.807, 2.05) is 0 Å². The van der Waals surface area contributed by atoms with Gasteiger partial charge in [0.2, 0.25) is 0 Å². The summed E-state index contributed by atoms with van der Waals surface area (Å²) >= 11 is 5.98. The number of carbonyl (C=O) groups is 1. The minimum absolute atomic E-state index is 0.252. The van der Waals surface area contributed by atoms with Crippen molar-refractivity contribution in [2.45, 2.75) is 52.0 Å². The number of fused-ring (bicyclic) bond motifs is 2. The SMILES string of the molecule is CC12CC[C@@H](C1)C(C)(C)[C@@H]2C[C@@H](Cl)OC(=O)O. The highest BCUT2D eigenvalue weighted by Crippen LogP contribution is 2.67. The molecule has 0 radical (unpaired) electrons.